The molecule has 0 bridgehead atoms. The molecule has 18 heavy (non-hydrogen) atoms. The van der Waals surface area contributed by atoms with Gasteiger partial charge in [-0.25, -0.2) is 4.98 Å². The minimum Gasteiger partial charge on any atom is -0.378 e. The van der Waals surface area contributed by atoms with Crippen LogP contribution in [0.5, 0.6) is 0 Å². The number of aromatic nitrogens is 2. The maximum Gasteiger partial charge on any atom is 0.103 e. The van der Waals surface area contributed by atoms with Gasteiger partial charge in [0.2, 0.25) is 0 Å². The fraction of sp³-hybridized carbons (Fsp3) is 0.308. The molecule has 2 rings (SSSR count). The highest BCUT2D eigenvalue weighted by Gasteiger charge is 2.08. The lowest BCUT2D eigenvalue weighted by atomic mass is 10.2. The van der Waals surface area contributed by atoms with Gasteiger partial charge >= 0.3 is 0 Å². The summed E-state index contributed by atoms with van der Waals surface area (Å²) in [4.78, 5) is 9.36. The fourth-order valence-electron chi connectivity index (χ4n) is 1.86. The monoisotopic (exact) mass is 264 g/mol. The SMILES string of the molecule is Cc1ncc(CNc2cccc(Cl)c2N(C)C)[nH]1. The van der Waals surface area contributed by atoms with E-state index in [-0.39, 0.29) is 0 Å². The van der Waals surface area contributed by atoms with E-state index in [9.17, 15) is 0 Å². The molecular weight excluding hydrogens is 248 g/mol. The van der Waals surface area contributed by atoms with Crippen LogP contribution in [-0.4, -0.2) is 24.1 Å². The molecule has 0 aliphatic heterocycles. The molecule has 4 nitrogen and oxygen atoms in total. The zero-order chi connectivity index (χ0) is 13.1. The van der Waals surface area contributed by atoms with E-state index in [1.165, 1.54) is 0 Å². The van der Waals surface area contributed by atoms with Gasteiger partial charge in [0, 0.05) is 14.1 Å². The van der Waals surface area contributed by atoms with Crippen molar-refractivity contribution in [3.63, 3.8) is 0 Å². The Bertz CT molecular complexity index is 534. The van der Waals surface area contributed by atoms with Crippen LogP contribution in [0.25, 0.3) is 0 Å². The van der Waals surface area contributed by atoms with E-state index in [1.54, 1.807) is 0 Å². The predicted octanol–water partition coefficient (Wildman–Crippen LogP) is 3.05. The van der Waals surface area contributed by atoms with E-state index in [1.807, 2.05) is 50.3 Å². The Hall–Kier alpha value is -1.68. The molecule has 2 aromatic rings. The average Bonchev–Trinajstić information content (AvgIpc) is 2.72. The Morgan fingerprint density at radius 1 is 1.39 bits per heavy atom. The fourth-order valence-corrected chi connectivity index (χ4v) is 2.21. The summed E-state index contributed by atoms with van der Waals surface area (Å²) in [6.45, 7) is 2.64. The molecule has 0 fully saturated rings. The van der Waals surface area contributed by atoms with Crippen LogP contribution in [0.15, 0.2) is 24.4 Å². The molecule has 0 spiro atoms. The van der Waals surface area contributed by atoms with Crippen molar-refractivity contribution in [3.8, 4) is 0 Å². The Morgan fingerprint density at radius 2 is 2.17 bits per heavy atom. The molecule has 96 valence electrons. The minimum absolute atomic E-state index is 0.696. The molecule has 0 saturated heterocycles. The van der Waals surface area contributed by atoms with Crippen LogP contribution in [0.2, 0.25) is 5.02 Å². The number of imidazole rings is 1. The maximum absolute atomic E-state index is 6.21. The van der Waals surface area contributed by atoms with E-state index < -0.39 is 0 Å². The number of hydrogen-bond acceptors (Lipinski definition) is 3. The summed E-state index contributed by atoms with van der Waals surface area (Å²) in [6.07, 6.45) is 1.84. The number of rotatable bonds is 4. The second kappa shape index (κ2) is 5.31. The second-order valence-electron chi connectivity index (χ2n) is 4.38. The number of nitrogens with one attached hydrogen (secondary N) is 2. The van der Waals surface area contributed by atoms with Crippen molar-refractivity contribution in [2.75, 3.05) is 24.3 Å². The van der Waals surface area contributed by atoms with Crippen molar-refractivity contribution < 1.29 is 0 Å². The predicted molar refractivity (Wildman–Crippen MR) is 76.4 cm³/mol. The third-order valence-corrected chi connectivity index (χ3v) is 2.96. The van der Waals surface area contributed by atoms with Crippen LogP contribution in [0, 0.1) is 6.92 Å². The van der Waals surface area contributed by atoms with Gasteiger partial charge in [-0.1, -0.05) is 17.7 Å². The van der Waals surface area contributed by atoms with Crippen LogP contribution in [0.1, 0.15) is 11.5 Å². The zero-order valence-corrected chi connectivity index (χ0v) is 11.5. The molecule has 1 heterocycles. The lowest BCUT2D eigenvalue weighted by Crippen LogP contribution is -2.12. The Kier molecular flexibility index (Phi) is 3.77. The van der Waals surface area contributed by atoms with Gasteiger partial charge in [-0.15, -0.1) is 0 Å². The third kappa shape index (κ3) is 2.76. The molecule has 1 aromatic heterocycles. The standard InChI is InChI=1S/C13H17ClN4/c1-9-15-7-10(17-9)8-16-12-6-4-5-11(14)13(12)18(2)3/h4-7,16H,8H2,1-3H3,(H,15,17). The lowest BCUT2D eigenvalue weighted by molar-refractivity contribution is 1.04. The molecule has 0 saturated carbocycles. The minimum atomic E-state index is 0.696. The summed E-state index contributed by atoms with van der Waals surface area (Å²) in [5, 5.41) is 4.11. The molecule has 0 aliphatic carbocycles. The molecule has 2 N–H and O–H groups in total. The van der Waals surface area contributed by atoms with Gasteiger partial charge in [-0.05, 0) is 19.1 Å². The Balaban J connectivity index is 2.16. The highest BCUT2D eigenvalue weighted by atomic mass is 35.5. The molecular formula is C13H17ClN4. The molecule has 0 radical (unpaired) electrons. The number of anilines is 2. The van der Waals surface area contributed by atoms with E-state index in [0.29, 0.717) is 6.54 Å². The van der Waals surface area contributed by atoms with Crippen molar-refractivity contribution >= 4 is 23.0 Å². The quantitative estimate of drug-likeness (QED) is 0.892. The van der Waals surface area contributed by atoms with Crippen molar-refractivity contribution in [1.82, 2.24) is 9.97 Å². The molecule has 0 unspecified atom stereocenters. The van der Waals surface area contributed by atoms with Gasteiger partial charge in [0.1, 0.15) is 5.82 Å². The first kappa shape index (κ1) is 12.8. The van der Waals surface area contributed by atoms with Crippen LogP contribution < -0.4 is 10.2 Å². The average molecular weight is 265 g/mol. The number of H-pyrrole nitrogens is 1. The van der Waals surface area contributed by atoms with Crippen molar-refractivity contribution in [3.05, 3.63) is 40.9 Å². The van der Waals surface area contributed by atoms with Crippen molar-refractivity contribution in [1.29, 1.82) is 0 Å². The summed E-state index contributed by atoms with van der Waals surface area (Å²) >= 11 is 6.21. The number of halogens is 1. The molecule has 5 heteroatoms. The molecule has 0 atom stereocenters. The highest BCUT2D eigenvalue weighted by Crippen LogP contribution is 2.32. The summed E-state index contributed by atoms with van der Waals surface area (Å²) < 4.78 is 0. The van der Waals surface area contributed by atoms with Crippen molar-refractivity contribution in [2.45, 2.75) is 13.5 Å². The molecule has 1 aromatic carbocycles. The highest BCUT2D eigenvalue weighted by molar-refractivity contribution is 6.34. The van der Waals surface area contributed by atoms with Crippen LogP contribution >= 0.6 is 11.6 Å². The number of aryl methyl sites for hydroxylation is 1. The van der Waals surface area contributed by atoms with Crippen LogP contribution in [0.3, 0.4) is 0 Å². The topological polar surface area (TPSA) is 44.0 Å². The summed E-state index contributed by atoms with van der Waals surface area (Å²) in [5.41, 5.74) is 3.06. The van der Waals surface area contributed by atoms with Gasteiger partial charge in [0.15, 0.2) is 0 Å². The number of para-hydroxylation sites is 1. The first-order valence-corrected chi connectivity index (χ1v) is 6.16. The van der Waals surface area contributed by atoms with E-state index in [2.05, 4.69) is 15.3 Å². The molecule has 0 amide bonds. The third-order valence-electron chi connectivity index (χ3n) is 2.66. The molecule has 0 aliphatic rings. The first-order valence-electron chi connectivity index (χ1n) is 5.78. The normalized spacial score (nSPS) is 10.4. The van der Waals surface area contributed by atoms with E-state index >= 15 is 0 Å². The van der Waals surface area contributed by atoms with Gasteiger partial charge in [0.05, 0.1) is 34.8 Å². The van der Waals surface area contributed by atoms with Gasteiger partial charge in [-0.2, -0.15) is 0 Å². The lowest BCUT2D eigenvalue weighted by Gasteiger charge is -2.19. The van der Waals surface area contributed by atoms with Gasteiger partial charge in [-0.3, -0.25) is 0 Å². The number of hydrogen-bond donors (Lipinski definition) is 2. The van der Waals surface area contributed by atoms with Crippen molar-refractivity contribution in [2.24, 2.45) is 0 Å². The largest absolute Gasteiger partial charge is 0.378 e. The van der Waals surface area contributed by atoms with E-state index in [0.717, 1.165) is 27.9 Å². The number of aromatic amines is 1. The Labute approximate surface area is 112 Å². The summed E-state index contributed by atoms with van der Waals surface area (Å²) in [5.74, 6) is 0.922. The summed E-state index contributed by atoms with van der Waals surface area (Å²) in [7, 11) is 3.96. The second-order valence-corrected chi connectivity index (χ2v) is 4.79. The summed E-state index contributed by atoms with van der Waals surface area (Å²) in [6, 6.07) is 5.85. The van der Waals surface area contributed by atoms with Gasteiger partial charge < -0.3 is 15.2 Å². The van der Waals surface area contributed by atoms with Crippen LogP contribution in [0.4, 0.5) is 11.4 Å². The van der Waals surface area contributed by atoms with Gasteiger partial charge in [0.25, 0.3) is 0 Å². The van der Waals surface area contributed by atoms with E-state index in [4.69, 9.17) is 11.6 Å². The first-order chi connectivity index (χ1) is 8.58. The number of benzene rings is 1. The smallest absolute Gasteiger partial charge is 0.103 e. The number of nitrogens with zero attached hydrogens (tertiary/aromatic N) is 2. The van der Waals surface area contributed by atoms with Crippen LogP contribution in [-0.2, 0) is 6.54 Å². The Morgan fingerprint density at radius 3 is 2.78 bits per heavy atom. The maximum atomic E-state index is 6.21. The zero-order valence-electron chi connectivity index (χ0n) is 10.8.